The first-order valence-electron chi connectivity index (χ1n) is 6.63. The number of rotatable bonds is 2. The Kier molecular flexibility index (Phi) is 3.06. The maximum absolute atomic E-state index is 12.0. The number of phenols is 1. The molecule has 0 atom stereocenters. The van der Waals surface area contributed by atoms with Gasteiger partial charge in [-0.25, -0.2) is 4.79 Å². The summed E-state index contributed by atoms with van der Waals surface area (Å²) in [7, 11) is 0. The summed E-state index contributed by atoms with van der Waals surface area (Å²) >= 11 is 0. The molecule has 0 radical (unpaired) electrons. The molecule has 0 bridgehead atoms. The van der Waals surface area contributed by atoms with Crippen molar-refractivity contribution in [2.24, 2.45) is 0 Å². The minimum atomic E-state index is -0.292. The van der Waals surface area contributed by atoms with Gasteiger partial charge < -0.3 is 15.2 Å². The molecule has 2 saturated heterocycles. The van der Waals surface area contributed by atoms with Crippen molar-refractivity contribution in [1.29, 1.82) is 0 Å². The number of carbonyl (C=O) groups is 1. The Bertz CT molecular complexity index is 466. The first-order valence-corrected chi connectivity index (χ1v) is 6.63. The summed E-state index contributed by atoms with van der Waals surface area (Å²) in [6, 6.07) is 6.93. The summed E-state index contributed by atoms with van der Waals surface area (Å²) < 4.78 is 5.60. The quantitative estimate of drug-likeness (QED) is 0.847. The molecule has 2 N–H and O–H groups in total. The highest BCUT2D eigenvalue weighted by molar-refractivity contribution is 5.70. The molecule has 1 amide bonds. The lowest BCUT2D eigenvalue weighted by Gasteiger charge is -2.31. The molecule has 2 heterocycles. The van der Waals surface area contributed by atoms with Gasteiger partial charge in [0.25, 0.3) is 0 Å². The van der Waals surface area contributed by atoms with Gasteiger partial charge in [-0.15, -0.1) is 0 Å². The fourth-order valence-corrected chi connectivity index (χ4v) is 2.78. The van der Waals surface area contributed by atoms with Crippen molar-refractivity contribution in [2.45, 2.75) is 25.0 Å². The molecule has 102 valence electrons. The van der Waals surface area contributed by atoms with Gasteiger partial charge in [-0.05, 0) is 30.8 Å². The zero-order chi connectivity index (χ0) is 13.3. The summed E-state index contributed by atoms with van der Waals surface area (Å²) in [4.78, 5) is 13.7. The molecule has 19 heavy (non-hydrogen) atoms. The molecular formula is C14H18N2O3. The van der Waals surface area contributed by atoms with E-state index in [9.17, 15) is 9.90 Å². The molecule has 2 aliphatic heterocycles. The van der Waals surface area contributed by atoms with E-state index in [0.29, 0.717) is 13.1 Å². The van der Waals surface area contributed by atoms with Gasteiger partial charge in [0, 0.05) is 19.4 Å². The third kappa shape index (κ3) is 2.51. The lowest BCUT2D eigenvalue weighted by molar-refractivity contribution is 0.0316. The summed E-state index contributed by atoms with van der Waals surface area (Å²) in [5.74, 6) is 0.238. The third-order valence-electron chi connectivity index (χ3n) is 3.87. The van der Waals surface area contributed by atoms with Crippen LogP contribution in [0.4, 0.5) is 4.79 Å². The second-order valence-corrected chi connectivity index (χ2v) is 5.32. The zero-order valence-corrected chi connectivity index (χ0v) is 10.8. The van der Waals surface area contributed by atoms with E-state index in [0.717, 1.165) is 31.5 Å². The summed E-state index contributed by atoms with van der Waals surface area (Å²) in [6.07, 6.45) is 1.53. The fraction of sp³-hybridized carbons (Fsp3) is 0.500. The van der Waals surface area contributed by atoms with Gasteiger partial charge in [0.05, 0.1) is 6.54 Å². The second-order valence-electron chi connectivity index (χ2n) is 5.32. The van der Waals surface area contributed by atoms with E-state index in [2.05, 4.69) is 5.32 Å². The van der Waals surface area contributed by atoms with Crippen LogP contribution in [0, 0.1) is 0 Å². The van der Waals surface area contributed by atoms with E-state index in [1.807, 2.05) is 12.1 Å². The smallest absolute Gasteiger partial charge is 0.410 e. The van der Waals surface area contributed by atoms with Gasteiger partial charge in [-0.2, -0.15) is 0 Å². The van der Waals surface area contributed by atoms with Gasteiger partial charge in [-0.1, -0.05) is 12.1 Å². The molecular weight excluding hydrogens is 244 g/mol. The lowest BCUT2D eigenvalue weighted by Crippen LogP contribution is -2.44. The average molecular weight is 262 g/mol. The van der Waals surface area contributed by atoms with E-state index < -0.39 is 0 Å². The van der Waals surface area contributed by atoms with E-state index in [1.54, 1.807) is 17.0 Å². The molecule has 1 spiro atoms. The molecule has 0 aliphatic carbocycles. The summed E-state index contributed by atoms with van der Waals surface area (Å²) in [6.45, 7) is 3.00. The highest BCUT2D eigenvalue weighted by Gasteiger charge is 2.45. The Balaban J connectivity index is 1.68. The number of hydrogen-bond donors (Lipinski definition) is 2. The van der Waals surface area contributed by atoms with Crippen LogP contribution in [0.1, 0.15) is 18.4 Å². The van der Waals surface area contributed by atoms with Gasteiger partial charge in [-0.3, -0.25) is 4.90 Å². The Hall–Kier alpha value is -1.75. The van der Waals surface area contributed by atoms with E-state index >= 15 is 0 Å². The normalized spacial score (nSPS) is 21.7. The van der Waals surface area contributed by atoms with Crippen molar-refractivity contribution >= 4 is 6.09 Å². The number of amides is 1. The van der Waals surface area contributed by atoms with Crippen LogP contribution in [0.15, 0.2) is 24.3 Å². The van der Waals surface area contributed by atoms with Crippen LogP contribution in [0.25, 0.3) is 0 Å². The third-order valence-corrected chi connectivity index (χ3v) is 3.87. The summed E-state index contributed by atoms with van der Waals surface area (Å²) in [5.41, 5.74) is 0.708. The molecule has 0 aromatic heterocycles. The van der Waals surface area contributed by atoms with Gasteiger partial charge in [0.2, 0.25) is 0 Å². The number of nitrogens with one attached hydrogen (secondary N) is 1. The molecule has 1 aromatic carbocycles. The van der Waals surface area contributed by atoms with E-state index in [1.165, 1.54) is 0 Å². The lowest BCUT2D eigenvalue weighted by atomic mass is 9.92. The SMILES string of the molecule is O=C1OC2(CCNCC2)CN1Cc1ccc(O)cc1. The number of hydrogen-bond acceptors (Lipinski definition) is 4. The maximum Gasteiger partial charge on any atom is 0.410 e. The number of piperidine rings is 1. The van der Waals surface area contributed by atoms with Crippen LogP contribution in [0.3, 0.4) is 0 Å². The van der Waals surface area contributed by atoms with Crippen molar-refractivity contribution in [2.75, 3.05) is 19.6 Å². The highest BCUT2D eigenvalue weighted by Crippen LogP contribution is 2.31. The Morgan fingerprint density at radius 3 is 2.63 bits per heavy atom. The Morgan fingerprint density at radius 1 is 1.26 bits per heavy atom. The second kappa shape index (κ2) is 4.74. The van der Waals surface area contributed by atoms with Crippen molar-refractivity contribution in [3.05, 3.63) is 29.8 Å². The topological polar surface area (TPSA) is 61.8 Å². The minimum absolute atomic E-state index is 0.227. The zero-order valence-electron chi connectivity index (χ0n) is 10.8. The Morgan fingerprint density at radius 2 is 1.95 bits per heavy atom. The highest BCUT2D eigenvalue weighted by atomic mass is 16.6. The first-order chi connectivity index (χ1) is 9.17. The number of benzene rings is 1. The van der Waals surface area contributed by atoms with Crippen LogP contribution in [-0.2, 0) is 11.3 Å². The first kappa shape index (κ1) is 12.3. The molecule has 5 nitrogen and oxygen atoms in total. The van der Waals surface area contributed by atoms with Crippen molar-refractivity contribution in [1.82, 2.24) is 10.2 Å². The molecule has 0 saturated carbocycles. The molecule has 2 fully saturated rings. The van der Waals surface area contributed by atoms with Gasteiger partial charge >= 0.3 is 6.09 Å². The monoisotopic (exact) mass is 262 g/mol. The van der Waals surface area contributed by atoms with Crippen LogP contribution < -0.4 is 5.32 Å². The molecule has 1 aromatic rings. The number of nitrogens with zero attached hydrogens (tertiary/aromatic N) is 1. The van der Waals surface area contributed by atoms with Crippen LogP contribution >= 0.6 is 0 Å². The van der Waals surface area contributed by atoms with E-state index in [-0.39, 0.29) is 17.4 Å². The van der Waals surface area contributed by atoms with Crippen molar-refractivity contribution in [3.8, 4) is 5.75 Å². The largest absolute Gasteiger partial charge is 0.508 e. The van der Waals surface area contributed by atoms with Gasteiger partial charge in [0.1, 0.15) is 11.4 Å². The van der Waals surface area contributed by atoms with Gasteiger partial charge in [0.15, 0.2) is 0 Å². The van der Waals surface area contributed by atoms with Crippen LogP contribution in [0.2, 0.25) is 0 Å². The number of ether oxygens (including phenoxy) is 1. The van der Waals surface area contributed by atoms with Crippen molar-refractivity contribution < 1.29 is 14.6 Å². The average Bonchev–Trinajstić information content (AvgIpc) is 2.69. The van der Waals surface area contributed by atoms with Crippen LogP contribution in [-0.4, -0.2) is 41.3 Å². The standard InChI is InChI=1S/C14H18N2O3/c17-12-3-1-11(2-4-12)9-16-10-14(19-13(16)18)5-7-15-8-6-14/h1-4,15,17H,5-10H2. The predicted octanol–water partition coefficient (Wildman–Crippen LogP) is 1.47. The molecule has 0 unspecified atom stereocenters. The minimum Gasteiger partial charge on any atom is -0.508 e. The van der Waals surface area contributed by atoms with Crippen molar-refractivity contribution in [3.63, 3.8) is 0 Å². The molecule has 2 aliphatic rings. The maximum atomic E-state index is 12.0. The number of carbonyl (C=O) groups excluding carboxylic acids is 1. The van der Waals surface area contributed by atoms with Crippen LogP contribution in [0.5, 0.6) is 5.75 Å². The summed E-state index contributed by atoms with van der Waals surface area (Å²) in [5, 5.41) is 12.5. The van der Waals surface area contributed by atoms with E-state index in [4.69, 9.17) is 4.74 Å². The molecule has 3 rings (SSSR count). The number of aromatic hydroxyl groups is 1. The Labute approximate surface area is 112 Å². The predicted molar refractivity (Wildman–Crippen MR) is 69.8 cm³/mol. The fourth-order valence-electron chi connectivity index (χ4n) is 2.78. The number of phenolic OH excluding ortho intramolecular Hbond substituents is 1. The molecule has 5 heteroatoms.